The molecule has 3 aromatic rings. The SMILES string of the molecule is CCCCCCCCCCCCN(CCOC(=O)C(C)(C)CC)c1ccc(N=Nc2ccc(N=Nc3ccccc3)cc2)cc1.C[N+](=O)[O-]. The molecule has 0 aliphatic carbocycles. The highest BCUT2D eigenvalue weighted by Crippen LogP contribution is 2.26. The number of carbonyl (C=O) groups excluding carboxylic acids is 1. The quantitative estimate of drug-likeness (QED) is 0.0366. The summed E-state index contributed by atoms with van der Waals surface area (Å²) in [5.41, 5.74) is 3.74. The lowest BCUT2D eigenvalue weighted by atomic mass is 9.91. The van der Waals surface area contributed by atoms with Crippen LogP contribution in [0.4, 0.5) is 28.4 Å². The Labute approximate surface area is 293 Å². The highest BCUT2D eigenvalue weighted by atomic mass is 16.6. The Kier molecular flexibility index (Phi) is 19.8. The third kappa shape index (κ3) is 18.0. The smallest absolute Gasteiger partial charge is 0.311 e. The maximum atomic E-state index is 12.5. The van der Waals surface area contributed by atoms with Crippen LogP contribution >= 0.6 is 0 Å². The average Bonchev–Trinajstić information content (AvgIpc) is 3.10. The van der Waals surface area contributed by atoms with E-state index < -0.39 is 10.3 Å². The number of ether oxygens (including phenoxy) is 1. The van der Waals surface area contributed by atoms with Gasteiger partial charge in [0.1, 0.15) is 6.61 Å². The second-order valence-electron chi connectivity index (χ2n) is 12.8. The van der Waals surface area contributed by atoms with Crippen LogP contribution in [0.3, 0.4) is 0 Å². The fourth-order valence-corrected chi connectivity index (χ4v) is 4.79. The summed E-state index contributed by atoms with van der Waals surface area (Å²) in [7, 11) is 0.889. The summed E-state index contributed by atoms with van der Waals surface area (Å²) >= 11 is 0. The van der Waals surface area contributed by atoms with Gasteiger partial charge in [0.05, 0.1) is 34.7 Å². The van der Waals surface area contributed by atoms with Gasteiger partial charge in [-0.2, -0.15) is 20.5 Å². The Morgan fingerprint density at radius 1 is 0.673 bits per heavy atom. The van der Waals surface area contributed by atoms with E-state index in [-0.39, 0.29) is 5.97 Å². The molecule has 0 saturated carbocycles. The Morgan fingerprint density at radius 2 is 1.08 bits per heavy atom. The van der Waals surface area contributed by atoms with Crippen LogP contribution in [0.5, 0.6) is 0 Å². The standard InChI is InChI=1S/C38H53N5O2.CH3NO2/c1-5-7-8-9-10-11-12-13-14-18-29-43(30-31-45-37(44)38(3,4)6-2)36-27-25-35(26-28-36)42-41-34-23-21-33(22-24-34)40-39-32-19-16-15-17-20-32;1-2(3)4/h15-17,19-28H,5-14,18,29-31H2,1-4H3;1H3. The van der Waals surface area contributed by atoms with Crippen molar-refractivity contribution in [2.75, 3.05) is 31.6 Å². The number of benzene rings is 3. The maximum absolute atomic E-state index is 12.5. The van der Waals surface area contributed by atoms with Gasteiger partial charge in [0, 0.05) is 17.2 Å². The van der Waals surface area contributed by atoms with Crippen molar-refractivity contribution in [3.8, 4) is 0 Å². The monoisotopic (exact) mass is 672 g/mol. The fraction of sp³-hybridized carbons (Fsp3) is 0.513. The molecule has 3 rings (SSSR count). The molecule has 3 aromatic carbocycles. The number of nitro groups is 1. The third-order valence-electron chi connectivity index (χ3n) is 8.20. The van der Waals surface area contributed by atoms with E-state index in [1.54, 1.807) is 0 Å². The van der Waals surface area contributed by atoms with Gasteiger partial charge in [0.25, 0.3) is 0 Å². The Balaban J connectivity index is 0.00000197. The maximum Gasteiger partial charge on any atom is 0.311 e. The van der Waals surface area contributed by atoms with Crippen LogP contribution in [0.15, 0.2) is 99.3 Å². The lowest BCUT2D eigenvalue weighted by Gasteiger charge is -2.26. The highest BCUT2D eigenvalue weighted by molar-refractivity contribution is 5.75. The molecule has 0 amide bonds. The topological polar surface area (TPSA) is 122 Å². The van der Waals surface area contributed by atoms with Crippen LogP contribution in [-0.2, 0) is 9.53 Å². The zero-order valence-corrected chi connectivity index (χ0v) is 30.2. The van der Waals surface area contributed by atoms with E-state index in [1.807, 2.05) is 87.5 Å². The summed E-state index contributed by atoms with van der Waals surface area (Å²) in [6, 6.07) is 25.3. The molecule has 10 heteroatoms. The van der Waals surface area contributed by atoms with Gasteiger partial charge in [-0.05, 0) is 87.4 Å². The molecule has 0 aliphatic heterocycles. The van der Waals surface area contributed by atoms with Crippen LogP contribution < -0.4 is 4.90 Å². The molecular weight excluding hydrogens is 616 g/mol. The van der Waals surface area contributed by atoms with Crippen molar-refractivity contribution in [1.29, 1.82) is 0 Å². The van der Waals surface area contributed by atoms with Gasteiger partial charge in [-0.1, -0.05) is 89.8 Å². The Bertz CT molecular complexity index is 1390. The molecule has 0 fully saturated rings. The number of azo groups is 2. The average molecular weight is 673 g/mol. The molecule has 0 heterocycles. The van der Waals surface area contributed by atoms with Crippen molar-refractivity contribution < 1.29 is 14.5 Å². The minimum Gasteiger partial charge on any atom is -0.463 e. The summed E-state index contributed by atoms with van der Waals surface area (Å²) in [5, 5.41) is 26.2. The van der Waals surface area contributed by atoms with Gasteiger partial charge in [-0.25, -0.2) is 0 Å². The van der Waals surface area contributed by atoms with Crippen molar-refractivity contribution in [3.05, 3.63) is 89.0 Å². The van der Waals surface area contributed by atoms with Crippen molar-refractivity contribution >= 4 is 34.4 Å². The summed E-state index contributed by atoms with van der Waals surface area (Å²) in [4.78, 5) is 23.2. The van der Waals surface area contributed by atoms with E-state index in [1.165, 1.54) is 57.8 Å². The van der Waals surface area contributed by atoms with Crippen LogP contribution in [0.25, 0.3) is 0 Å². The normalized spacial score (nSPS) is 11.4. The molecule has 0 N–H and O–H groups in total. The van der Waals surface area contributed by atoms with E-state index in [9.17, 15) is 4.79 Å². The molecular formula is C39H56N6O4. The Morgan fingerprint density at radius 3 is 1.53 bits per heavy atom. The predicted octanol–water partition coefficient (Wildman–Crippen LogP) is 12.1. The predicted molar refractivity (Wildman–Crippen MR) is 200 cm³/mol. The first kappa shape index (κ1) is 40.7. The third-order valence-corrected chi connectivity index (χ3v) is 8.20. The lowest BCUT2D eigenvalue weighted by Crippen LogP contribution is -2.32. The number of rotatable bonds is 21. The van der Waals surface area contributed by atoms with Gasteiger partial charge in [0.2, 0.25) is 0 Å². The molecule has 266 valence electrons. The number of unbranched alkanes of at least 4 members (excludes halogenated alkanes) is 9. The molecule has 0 saturated heterocycles. The van der Waals surface area contributed by atoms with E-state index in [4.69, 9.17) is 14.9 Å². The van der Waals surface area contributed by atoms with Crippen molar-refractivity contribution in [1.82, 2.24) is 0 Å². The Hall–Kier alpha value is -4.47. The number of hydrogen-bond acceptors (Lipinski definition) is 9. The van der Waals surface area contributed by atoms with Gasteiger partial charge < -0.3 is 9.64 Å². The number of hydrogen-bond donors (Lipinski definition) is 0. The van der Waals surface area contributed by atoms with E-state index in [0.717, 1.165) is 54.9 Å². The molecule has 0 spiro atoms. The first-order valence-electron chi connectivity index (χ1n) is 17.7. The van der Waals surface area contributed by atoms with Gasteiger partial charge in [-0.15, -0.1) is 0 Å². The van der Waals surface area contributed by atoms with Crippen molar-refractivity contribution in [3.63, 3.8) is 0 Å². The number of anilines is 1. The zero-order chi connectivity index (χ0) is 35.7. The van der Waals surface area contributed by atoms with Crippen LogP contribution in [0.2, 0.25) is 0 Å². The molecule has 0 aromatic heterocycles. The van der Waals surface area contributed by atoms with Crippen molar-refractivity contribution in [2.24, 2.45) is 25.9 Å². The fourth-order valence-electron chi connectivity index (χ4n) is 4.79. The lowest BCUT2D eigenvalue weighted by molar-refractivity contribution is -0.445. The summed E-state index contributed by atoms with van der Waals surface area (Å²) < 4.78 is 5.68. The summed E-state index contributed by atoms with van der Waals surface area (Å²) in [6.45, 7) is 10.1. The van der Waals surface area contributed by atoms with Crippen LogP contribution in [0.1, 0.15) is 98.3 Å². The van der Waals surface area contributed by atoms with Gasteiger partial charge >= 0.3 is 5.97 Å². The molecule has 10 nitrogen and oxygen atoms in total. The second kappa shape index (κ2) is 23.8. The van der Waals surface area contributed by atoms with Crippen LogP contribution in [0, 0.1) is 15.5 Å². The zero-order valence-electron chi connectivity index (χ0n) is 30.2. The molecule has 0 bridgehead atoms. The van der Waals surface area contributed by atoms with Crippen LogP contribution in [-0.4, -0.2) is 37.6 Å². The number of esters is 1. The molecule has 0 radical (unpaired) electrons. The molecule has 0 unspecified atom stereocenters. The van der Waals surface area contributed by atoms with Gasteiger partial charge in [0.15, 0.2) is 7.05 Å². The minimum atomic E-state index is -0.500. The molecule has 0 aliphatic rings. The summed E-state index contributed by atoms with van der Waals surface area (Å²) in [6.07, 6.45) is 13.8. The van der Waals surface area contributed by atoms with Crippen molar-refractivity contribution in [2.45, 2.75) is 98.3 Å². The number of carbonyl (C=O) groups is 1. The molecule has 49 heavy (non-hydrogen) atoms. The molecule has 0 atom stereocenters. The second-order valence-corrected chi connectivity index (χ2v) is 12.8. The van der Waals surface area contributed by atoms with E-state index in [0.29, 0.717) is 13.2 Å². The number of nitrogens with zero attached hydrogens (tertiary/aromatic N) is 6. The minimum absolute atomic E-state index is 0.132. The van der Waals surface area contributed by atoms with Gasteiger partial charge in [-0.3, -0.25) is 14.9 Å². The summed E-state index contributed by atoms with van der Waals surface area (Å²) in [5.74, 6) is -0.132. The van der Waals surface area contributed by atoms with E-state index >= 15 is 0 Å². The first-order valence-corrected chi connectivity index (χ1v) is 17.7. The van der Waals surface area contributed by atoms with E-state index in [2.05, 4.69) is 44.4 Å². The first-order chi connectivity index (χ1) is 23.6. The largest absolute Gasteiger partial charge is 0.463 e. The highest BCUT2D eigenvalue weighted by Gasteiger charge is 2.27.